The molecule has 1 heterocycles. The fourth-order valence-corrected chi connectivity index (χ4v) is 2.55. The number of hydrogen-bond donors (Lipinski definition) is 1. The van der Waals surface area contributed by atoms with E-state index >= 15 is 0 Å². The van der Waals surface area contributed by atoms with Crippen LogP contribution in [0.4, 0.5) is 0 Å². The zero-order valence-electron chi connectivity index (χ0n) is 11.2. The second-order valence-corrected chi connectivity index (χ2v) is 4.82. The van der Waals surface area contributed by atoms with Crippen LogP contribution in [0.5, 0.6) is 0 Å². The summed E-state index contributed by atoms with van der Waals surface area (Å²) in [6, 6.07) is 0. The summed E-state index contributed by atoms with van der Waals surface area (Å²) in [5, 5.41) is 9.05. The Bertz CT molecular complexity index is 507. The SMILES string of the molecule is CC(=O)OCCn1c(C)nc2c1CCC(C(=O)O)C2. The summed E-state index contributed by atoms with van der Waals surface area (Å²) >= 11 is 0. The lowest BCUT2D eigenvalue weighted by molar-refractivity contribution is -0.142. The Morgan fingerprint density at radius 1 is 1.53 bits per heavy atom. The van der Waals surface area contributed by atoms with E-state index in [-0.39, 0.29) is 11.9 Å². The summed E-state index contributed by atoms with van der Waals surface area (Å²) in [4.78, 5) is 26.2. The van der Waals surface area contributed by atoms with Gasteiger partial charge in [-0.25, -0.2) is 4.98 Å². The van der Waals surface area contributed by atoms with Crippen LogP contribution in [0.25, 0.3) is 0 Å². The van der Waals surface area contributed by atoms with E-state index in [1.807, 2.05) is 11.5 Å². The first kappa shape index (κ1) is 13.6. The maximum atomic E-state index is 11.0. The third-order valence-corrected chi connectivity index (χ3v) is 3.49. The van der Waals surface area contributed by atoms with Crippen LogP contribution in [0.1, 0.15) is 30.6 Å². The average Bonchev–Trinajstić information content (AvgIpc) is 2.64. The van der Waals surface area contributed by atoms with Gasteiger partial charge in [-0.1, -0.05) is 0 Å². The van der Waals surface area contributed by atoms with Crippen LogP contribution in [0, 0.1) is 12.8 Å². The van der Waals surface area contributed by atoms with E-state index in [4.69, 9.17) is 9.84 Å². The van der Waals surface area contributed by atoms with Crippen LogP contribution < -0.4 is 0 Å². The van der Waals surface area contributed by atoms with Crippen molar-refractivity contribution in [1.29, 1.82) is 0 Å². The van der Waals surface area contributed by atoms with Crippen molar-refractivity contribution in [2.75, 3.05) is 6.61 Å². The Morgan fingerprint density at radius 2 is 2.26 bits per heavy atom. The molecular formula is C13H18N2O4. The molecule has 0 saturated carbocycles. The summed E-state index contributed by atoms with van der Waals surface area (Å²) in [5.74, 6) is -0.526. The van der Waals surface area contributed by atoms with Gasteiger partial charge in [0, 0.05) is 19.0 Å². The number of nitrogens with zero attached hydrogens (tertiary/aromatic N) is 2. The number of rotatable bonds is 4. The molecule has 6 nitrogen and oxygen atoms in total. The molecule has 1 aromatic rings. The normalized spacial score (nSPS) is 17.9. The van der Waals surface area contributed by atoms with Crippen molar-refractivity contribution in [3.05, 3.63) is 17.2 Å². The van der Waals surface area contributed by atoms with Crippen molar-refractivity contribution in [1.82, 2.24) is 9.55 Å². The van der Waals surface area contributed by atoms with Crippen LogP contribution in [-0.2, 0) is 33.7 Å². The Kier molecular flexibility index (Phi) is 3.87. The topological polar surface area (TPSA) is 81.4 Å². The zero-order chi connectivity index (χ0) is 14.0. The molecule has 0 spiro atoms. The average molecular weight is 266 g/mol. The summed E-state index contributed by atoms with van der Waals surface area (Å²) in [6.45, 7) is 4.17. The van der Waals surface area contributed by atoms with Gasteiger partial charge >= 0.3 is 11.9 Å². The number of aryl methyl sites for hydroxylation is 1. The van der Waals surface area contributed by atoms with Gasteiger partial charge < -0.3 is 14.4 Å². The number of imidazole rings is 1. The van der Waals surface area contributed by atoms with Gasteiger partial charge in [0.05, 0.1) is 18.2 Å². The minimum Gasteiger partial charge on any atom is -0.481 e. The van der Waals surface area contributed by atoms with Crippen LogP contribution in [0.15, 0.2) is 0 Å². The molecule has 1 unspecified atom stereocenters. The number of aromatic nitrogens is 2. The lowest BCUT2D eigenvalue weighted by atomic mass is 9.90. The maximum absolute atomic E-state index is 11.0. The number of carbonyl (C=O) groups is 2. The highest BCUT2D eigenvalue weighted by molar-refractivity contribution is 5.70. The zero-order valence-corrected chi connectivity index (χ0v) is 11.2. The van der Waals surface area contributed by atoms with Gasteiger partial charge in [-0.15, -0.1) is 0 Å². The van der Waals surface area contributed by atoms with Gasteiger partial charge in [-0.3, -0.25) is 9.59 Å². The van der Waals surface area contributed by atoms with Crippen LogP contribution in [0.3, 0.4) is 0 Å². The molecule has 0 amide bonds. The predicted octanol–water partition coefficient (Wildman–Crippen LogP) is 0.944. The largest absolute Gasteiger partial charge is 0.481 e. The second-order valence-electron chi connectivity index (χ2n) is 4.82. The maximum Gasteiger partial charge on any atom is 0.306 e. The monoisotopic (exact) mass is 266 g/mol. The Labute approximate surface area is 111 Å². The quantitative estimate of drug-likeness (QED) is 0.820. The van der Waals surface area contributed by atoms with E-state index in [9.17, 15) is 9.59 Å². The van der Waals surface area contributed by atoms with Crippen molar-refractivity contribution in [2.24, 2.45) is 5.92 Å². The van der Waals surface area contributed by atoms with Gasteiger partial charge in [0.2, 0.25) is 0 Å². The first-order chi connectivity index (χ1) is 8.99. The summed E-state index contributed by atoms with van der Waals surface area (Å²) in [5.41, 5.74) is 1.96. The lowest BCUT2D eigenvalue weighted by Crippen LogP contribution is -2.23. The van der Waals surface area contributed by atoms with Crippen molar-refractivity contribution in [2.45, 2.75) is 39.7 Å². The number of carbonyl (C=O) groups excluding carboxylic acids is 1. The molecule has 0 saturated heterocycles. The number of fused-ring (bicyclic) bond motifs is 1. The van der Waals surface area contributed by atoms with Gasteiger partial charge in [-0.2, -0.15) is 0 Å². The molecule has 1 atom stereocenters. The molecule has 0 bridgehead atoms. The molecule has 1 aromatic heterocycles. The number of esters is 1. The third kappa shape index (κ3) is 2.94. The molecule has 0 aromatic carbocycles. The highest BCUT2D eigenvalue weighted by atomic mass is 16.5. The van der Waals surface area contributed by atoms with Crippen molar-refractivity contribution >= 4 is 11.9 Å². The second kappa shape index (κ2) is 5.42. The molecule has 2 rings (SSSR count). The molecule has 0 radical (unpaired) electrons. The van der Waals surface area contributed by atoms with Gasteiger partial charge in [0.15, 0.2) is 0 Å². The number of ether oxygens (including phenoxy) is 1. The lowest BCUT2D eigenvalue weighted by Gasteiger charge is -2.19. The third-order valence-electron chi connectivity index (χ3n) is 3.49. The minimum atomic E-state index is -0.752. The van der Waals surface area contributed by atoms with E-state index in [1.54, 1.807) is 0 Å². The molecular weight excluding hydrogens is 248 g/mol. The first-order valence-electron chi connectivity index (χ1n) is 6.40. The fourth-order valence-electron chi connectivity index (χ4n) is 2.55. The smallest absolute Gasteiger partial charge is 0.306 e. The standard InChI is InChI=1S/C13H18N2O4/c1-8-14-11-7-10(13(17)18)3-4-12(11)15(8)5-6-19-9(2)16/h10H,3-7H2,1-2H3,(H,17,18). The number of carboxylic acid groups (broad SMARTS) is 1. The van der Waals surface area contributed by atoms with Gasteiger partial charge in [0.25, 0.3) is 0 Å². The number of carboxylic acids is 1. The molecule has 1 aliphatic carbocycles. The fraction of sp³-hybridized carbons (Fsp3) is 0.615. The van der Waals surface area contributed by atoms with E-state index in [0.717, 1.165) is 17.2 Å². The predicted molar refractivity (Wildman–Crippen MR) is 66.7 cm³/mol. The van der Waals surface area contributed by atoms with Crippen LogP contribution >= 0.6 is 0 Å². The van der Waals surface area contributed by atoms with E-state index in [2.05, 4.69) is 4.98 Å². The van der Waals surface area contributed by atoms with E-state index < -0.39 is 5.97 Å². The van der Waals surface area contributed by atoms with Crippen molar-refractivity contribution in [3.63, 3.8) is 0 Å². The minimum absolute atomic E-state index is 0.294. The molecule has 104 valence electrons. The van der Waals surface area contributed by atoms with Crippen LogP contribution in [0.2, 0.25) is 0 Å². The van der Waals surface area contributed by atoms with E-state index in [1.165, 1.54) is 6.92 Å². The van der Waals surface area contributed by atoms with E-state index in [0.29, 0.717) is 32.4 Å². The molecule has 0 aliphatic heterocycles. The van der Waals surface area contributed by atoms with Crippen molar-refractivity contribution < 1.29 is 19.4 Å². The Morgan fingerprint density at radius 3 is 2.89 bits per heavy atom. The molecule has 19 heavy (non-hydrogen) atoms. The highest BCUT2D eigenvalue weighted by Gasteiger charge is 2.28. The number of aliphatic carboxylic acids is 1. The summed E-state index contributed by atoms with van der Waals surface area (Å²) in [7, 11) is 0. The van der Waals surface area contributed by atoms with Gasteiger partial charge in [0.1, 0.15) is 12.4 Å². The first-order valence-corrected chi connectivity index (χ1v) is 6.40. The molecule has 6 heteroatoms. The number of hydrogen-bond acceptors (Lipinski definition) is 4. The Hall–Kier alpha value is -1.85. The molecule has 1 aliphatic rings. The van der Waals surface area contributed by atoms with Crippen LogP contribution in [-0.4, -0.2) is 33.2 Å². The van der Waals surface area contributed by atoms with Crippen molar-refractivity contribution in [3.8, 4) is 0 Å². The van der Waals surface area contributed by atoms with Gasteiger partial charge in [-0.05, 0) is 19.8 Å². The Balaban J connectivity index is 2.10. The molecule has 0 fully saturated rings. The summed E-state index contributed by atoms with van der Waals surface area (Å²) in [6.07, 6.45) is 1.85. The summed E-state index contributed by atoms with van der Waals surface area (Å²) < 4.78 is 6.96. The highest BCUT2D eigenvalue weighted by Crippen LogP contribution is 2.26. The molecule has 1 N–H and O–H groups in total.